The van der Waals surface area contributed by atoms with E-state index in [0.29, 0.717) is 14.9 Å². The van der Waals surface area contributed by atoms with Gasteiger partial charge in [-0.05, 0) is 60.2 Å². The molecule has 14 nitrogen and oxygen atoms in total. The number of benzene rings is 2. The van der Waals surface area contributed by atoms with Gasteiger partial charge in [0.05, 0.1) is 24.0 Å². The molecule has 288 valence electrons. The molecule has 0 aliphatic carbocycles. The molecule has 3 aromatic rings. The Morgan fingerprint density at radius 1 is 1.09 bits per heavy atom. The molecule has 1 aliphatic rings. The molecule has 0 radical (unpaired) electrons. The number of halogens is 3. The van der Waals surface area contributed by atoms with Gasteiger partial charge in [-0.2, -0.15) is 8.78 Å². The predicted molar refractivity (Wildman–Crippen MR) is 194 cm³/mol. The Morgan fingerprint density at radius 3 is 2.34 bits per heavy atom. The highest BCUT2D eigenvalue weighted by atomic mass is 79.9. The first-order chi connectivity index (χ1) is 24.6. The number of carbonyl (C=O) groups excluding carboxylic acids is 4. The van der Waals surface area contributed by atoms with Crippen LogP contribution in [0.4, 0.5) is 14.5 Å². The number of anilines is 1. The van der Waals surface area contributed by atoms with Crippen LogP contribution in [0.1, 0.15) is 55.8 Å². The Kier molecular flexibility index (Phi) is 13.2. The second kappa shape index (κ2) is 16.7. The van der Waals surface area contributed by atoms with E-state index in [0.717, 1.165) is 23.5 Å². The van der Waals surface area contributed by atoms with Crippen molar-refractivity contribution in [3.05, 3.63) is 63.4 Å². The number of carboxylic acid groups (broad SMARTS) is 1. The fourth-order valence-corrected chi connectivity index (χ4v) is 7.37. The van der Waals surface area contributed by atoms with Crippen molar-refractivity contribution in [1.82, 2.24) is 10.2 Å². The second-order valence-corrected chi connectivity index (χ2v) is 17.0. The predicted octanol–water partition coefficient (Wildman–Crippen LogP) is 5.09. The van der Waals surface area contributed by atoms with E-state index in [9.17, 15) is 42.4 Å². The monoisotopic (exact) mass is 845 g/mol. The highest BCUT2D eigenvalue weighted by Gasteiger charge is 2.50. The first kappa shape index (κ1) is 41.9. The quantitative estimate of drug-likeness (QED) is 0.124. The molecular formula is C34H39BrF2N3O11PS. The van der Waals surface area contributed by atoms with Crippen LogP contribution < -0.4 is 10.2 Å². The maximum atomic E-state index is 14.5. The molecule has 19 heteroatoms. The smallest absolute Gasteiger partial charge is 0.399 e. The molecule has 1 fully saturated rings. The number of ether oxygens (including phenoxy) is 2. The Morgan fingerprint density at radius 2 is 1.75 bits per heavy atom. The number of amides is 3. The minimum Gasteiger partial charge on any atom is -0.481 e. The zero-order chi connectivity index (χ0) is 39.5. The molecular weight excluding hydrogens is 807 g/mol. The molecule has 3 atom stereocenters. The van der Waals surface area contributed by atoms with Gasteiger partial charge in [-0.25, -0.2) is 4.79 Å². The highest BCUT2D eigenvalue weighted by Crippen LogP contribution is 2.59. The van der Waals surface area contributed by atoms with Crippen molar-refractivity contribution >= 4 is 80.3 Å². The average Bonchev–Trinajstić information content (AvgIpc) is 3.70. The van der Waals surface area contributed by atoms with Crippen LogP contribution in [0.15, 0.2) is 53.0 Å². The van der Waals surface area contributed by atoms with Crippen LogP contribution in [-0.2, 0) is 38.9 Å². The zero-order valence-electron chi connectivity index (χ0n) is 29.1. The van der Waals surface area contributed by atoms with Gasteiger partial charge in [0, 0.05) is 39.9 Å². The van der Waals surface area contributed by atoms with Crippen molar-refractivity contribution in [3.63, 3.8) is 0 Å². The van der Waals surface area contributed by atoms with Gasteiger partial charge >= 0.3 is 25.2 Å². The van der Waals surface area contributed by atoms with E-state index < -0.39 is 85.1 Å². The maximum absolute atomic E-state index is 14.5. The van der Waals surface area contributed by atoms with Crippen molar-refractivity contribution in [3.8, 4) is 0 Å². The SMILES string of the molecule is CCOC(=O)CO[C@@H]1C[C@@H](C(=O)N(CCC(=O)O)c2ccc(Br)cc2)N(C(=O)C(NC(=O)c2cc3cc(C(F)(F)P(=O)(O)O)ccc3s2)C(C)(C)C)C1. The molecule has 1 saturated heterocycles. The number of thiophene rings is 1. The number of nitrogens with one attached hydrogen (secondary N) is 1. The maximum Gasteiger partial charge on any atom is 0.399 e. The molecule has 4 N–H and O–H groups in total. The summed E-state index contributed by atoms with van der Waals surface area (Å²) in [4.78, 5) is 86.9. The number of likely N-dealkylation sites (tertiary alicyclic amines) is 1. The van der Waals surface area contributed by atoms with Crippen molar-refractivity contribution < 1.29 is 61.7 Å². The van der Waals surface area contributed by atoms with Gasteiger partial charge in [-0.3, -0.25) is 23.7 Å². The van der Waals surface area contributed by atoms with Gasteiger partial charge < -0.3 is 39.5 Å². The molecule has 1 aliphatic heterocycles. The Hall–Kier alpha value is -3.80. The van der Waals surface area contributed by atoms with E-state index in [2.05, 4.69) is 21.2 Å². The zero-order valence-corrected chi connectivity index (χ0v) is 32.4. The number of rotatable bonds is 14. The van der Waals surface area contributed by atoms with Crippen molar-refractivity contribution in [2.24, 2.45) is 5.41 Å². The fraction of sp³-hybridized carbons (Fsp3) is 0.441. The van der Waals surface area contributed by atoms with E-state index in [-0.39, 0.29) is 36.4 Å². The van der Waals surface area contributed by atoms with Gasteiger partial charge in [-0.1, -0.05) is 42.8 Å². The normalized spacial score (nSPS) is 17.0. The molecule has 53 heavy (non-hydrogen) atoms. The van der Waals surface area contributed by atoms with Crippen LogP contribution >= 0.6 is 34.9 Å². The molecule has 2 heterocycles. The van der Waals surface area contributed by atoms with Crippen molar-refractivity contribution in [2.45, 2.75) is 64.4 Å². The lowest BCUT2D eigenvalue weighted by atomic mass is 9.85. The number of alkyl halides is 2. The van der Waals surface area contributed by atoms with Crippen LogP contribution in [0, 0.1) is 5.41 Å². The summed E-state index contributed by atoms with van der Waals surface area (Å²) in [6.45, 7) is 5.93. The lowest BCUT2D eigenvalue weighted by Crippen LogP contribution is -2.58. The largest absolute Gasteiger partial charge is 0.481 e. The molecule has 1 unspecified atom stereocenters. The summed E-state index contributed by atoms with van der Waals surface area (Å²) in [6, 6.07) is 8.30. The highest BCUT2D eigenvalue weighted by molar-refractivity contribution is 9.10. The Bertz CT molecular complexity index is 1920. The number of aliphatic carboxylic acids is 1. The molecule has 1 aromatic heterocycles. The first-order valence-corrected chi connectivity index (χ1v) is 19.5. The van der Waals surface area contributed by atoms with E-state index in [1.807, 2.05) is 0 Å². The Balaban J connectivity index is 1.66. The molecule has 0 spiro atoms. The number of fused-ring (bicyclic) bond motifs is 1. The van der Waals surface area contributed by atoms with Gasteiger partial charge in [0.1, 0.15) is 18.7 Å². The van der Waals surface area contributed by atoms with Crippen LogP contribution in [-0.4, -0.2) is 93.9 Å². The van der Waals surface area contributed by atoms with Gasteiger partial charge in [0.2, 0.25) is 11.8 Å². The summed E-state index contributed by atoms with van der Waals surface area (Å²) in [7, 11) is -5.84. The number of carboxylic acids is 1. The van der Waals surface area contributed by atoms with Gasteiger partial charge in [0.15, 0.2) is 0 Å². The standard InChI is InChI=1S/C34H39BrF2N3O11PS/c1-5-50-28(43)18-51-23-16-24(31(45)39(13-12-27(41)42)22-9-7-21(35)8-10-22)40(17-23)32(46)29(33(2,3)4)38-30(44)26-15-19-14-20(6-11-25(19)53-26)34(36,37)52(47,48)49/h6-11,14-15,23-24,29H,5,12-13,16-18H2,1-4H3,(H,38,44)(H,41,42)(H2,47,48,49)/t23-,24+,29?/m1/s1. The second-order valence-electron chi connectivity index (χ2n) is 13.3. The third-order valence-electron chi connectivity index (χ3n) is 8.37. The summed E-state index contributed by atoms with van der Waals surface area (Å²) in [5.74, 6) is -3.85. The minimum absolute atomic E-state index is 0.0125. The number of carbonyl (C=O) groups is 5. The number of hydrogen-bond donors (Lipinski definition) is 4. The van der Waals surface area contributed by atoms with E-state index in [1.54, 1.807) is 52.0 Å². The minimum atomic E-state index is -5.84. The summed E-state index contributed by atoms with van der Waals surface area (Å²) in [6.07, 6.45) is -1.28. The lowest BCUT2D eigenvalue weighted by molar-refractivity contribution is -0.150. The summed E-state index contributed by atoms with van der Waals surface area (Å²) in [5.41, 5.74) is -5.99. The van der Waals surface area contributed by atoms with E-state index in [4.69, 9.17) is 19.3 Å². The molecule has 0 saturated carbocycles. The van der Waals surface area contributed by atoms with Gasteiger partial charge in [0.25, 0.3) is 5.91 Å². The van der Waals surface area contributed by atoms with E-state index >= 15 is 0 Å². The first-order valence-electron chi connectivity index (χ1n) is 16.3. The van der Waals surface area contributed by atoms with Gasteiger partial charge in [-0.15, -0.1) is 11.3 Å². The van der Waals surface area contributed by atoms with Crippen molar-refractivity contribution in [1.29, 1.82) is 0 Å². The molecule has 3 amide bonds. The fourth-order valence-electron chi connectivity index (χ4n) is 5.69. The molecule has 4 rings (SSSR count). The van der Waals surface area contributed by atoms with Crippen molar-refractivity contribution in [2.75, 3.05) is 31.2 Å². The Labute approximate surface area is 315 Å². The summed E-state index contributed by atoms with van der Waals surface area (Å²) >= 11 is 4.24. The van der Waals surface area contributed by atoms with Crippen LogP contribution in [0.25, 0.3) is 10.1 Å². The number of nitrogens with zero attached hydrogens (tertiary/aromatic N) is 2. The topological polar surface area (TPSA) is 200 Å². The van der Waals surface area contributed by atoms with E-state index in [1.165, 1.54) is 21.9 Å². The van der Waals surface area contributed by atoms with Crippen LogP contribution in [0.3, 0.4) is 0 Å². The number of hydrogen-bond acceptors (Lipinski definition) is 9. The summed E-state index contributed by atoms with van der Waals surface area (Å²) < 4.78 is 52.0. The number of esters is 1. The average molecular weight is 847 g/mol. The molecule has 0 bridgehead atoms. The lowest BCUT2D eigenvalue weighted by Gasteiger charge is -2.36. The summed E-state index contributed by atoms with van der Waals surface area (Å²) in [5, 5.41) is 12.3. The van der Waals surface area contributed by atoms with Crippen LogP contribution in [0.2, 0.25) is 0 Å². The third kappa shape index (κ3) is 10.0. The third-order valence-corrected chi connectivity index (χ3v) is 11.0. The van der Waals surface area contributed by atoms with Crippen LogP contribution in [0.5, 0.6) is 0 Å². The molecule has 2 aromatic carbocycles.